The molecule has 0 aliphatic rings. The van der Waals surface area contributed by atoms with Crippen molar-refractivity contribution in [1.29, 1.82) is 0 Å². The highest BCUT2D eigenvalue weighted by Gasteiger charge is 2.15. The highest BCUT2D eigenvalue weighted by Crippen LogP contribution is 2.25. The molecule has 96 valence electrons. The number of hydrogen-bond acceptors (Lipinski definition) is 3. The molecule has 1 rings (SSSR count). The molecule has 0 amide bonds. The SMILES string of the molecule is COc1ccc(C)cc1C(N)CN(C)C(C)C. The zero-order valence-electron chi connectivity index (χ0n) is 11.5. The predicted molar refractivity (Wildman–Crippen MR) is 72.4 cm³/mol. The Bertz CT molecular complexity index is 363. The lowest BCUT2D eigenvalue weighted by molar-refractivity contribution is 0.255. The van der Waals surface area contributed by atoms with Gasteiger partial charge in [0, 0.05) is 24.2 Å². The minimum atomic E-state index is -0.0164. The lowest BCUT2D eigenvalue weighted by Gasteiger charge is -2.26. The molecule has 0 aromatic heterocycles. The highest BCUT2D eigenvalue weighted by atomic mass is 16.5. The smallest absolute Gasteiger partial charge is 0.123 e. The van der Waals surface area contributed by atoms with E-state index in [4.69, 9.17) is 10.5 Å². The van der Waals surface area contributed by atoms with E-state index in [1.165, 1.54) is 5.56 Å². The Hall–Kier alpha value is -1.06. The molecule has 0 spiro atoms. The second-order valence-corrected chi connectivity index (χ2v) is 4.89. The first-order chi connectivity index (χ1) is 7.95. The maximum Gasteiger partial charge on any atom is 0.123 e. The lowest BCUT2D eigenvalue weighted by atomic mass is 10.0. The number of benzene rings is 1. The van der Waals surface area contributed by atoms with Crippen LogP contribution >= 0.6 is 0 Å². The van der Waals surface area contributed by atoms with Crippen molar-refractivity contribution in [3.05, 3.63) is 29.3 Å². The average molecular weight is 236 g/mol. The van der Waals surface area contributed by atoms with Crippen molar-refractivity contribution in [1.82, 2.24) is 4.90 Å². The van der Waals surface area contributed by atoms with Gasteiger partial charge in [-0.25, -0.2) is 0 Å². The van der Waals surface area contributed by atoms with E-state index in [9.17, 15) is 0 Å². The van der Waals surface area contributed by atoms with E-state index in [1.807, 2.05) is 12.1 Å². The van der Waals surface area contributed by atoms with Gasteiger partial charge in [0.05, 0.1) is 7.11 Å². The summed E-state index contributed by atoms with van der Waals surface area (Å²) in [5, 5.41) is 0. The maximum atomic E-state index is 6.26. The van der Waals surface area contributed by atoms with Crippen molar-refractivity contribution in [3.8, 4) is 5.75 Å². The predicted octanol–water partition coefficient (Wildman–Crippen LogP) is 2.34. The molecule has 0 radical (unpaired) electrons. The van der Waals surface area contributed by atoms with Crippen LogP contribution in [0.3, 0.4) is 0 Å². The van der Waals surface area contributed by atoms with Crippen LogP contribution in [0.2, 0.25) is 0 Å². The van der Waals surface area contributed by atoms with Crippen LogP contribution in [0.15, 0.2) is 18.2 Å². The van der Waals surface area contributed by atoms with Gasteiger partial charge in [0.25, 0.3) is 0 Å². The summed E-state index contributed by atoms with van der Waals surface area (Å²) in [6.45, 7) is 7.24. The monoisotopic (exact) mass is 236 g/mol. The Morgan fingerprint density at radius 2 is 2.00 bits per heavy atom. The zero-order chi connectivity index (χ0) is 13.0. The van der Waals surface area contributed by atoms with Gasteiger partial charge in [-0.2, -0.15) is 0 Å². The Morgan fingerprint density at radius 1 is 1.35 bits per heavy atom. The van der Waals surface area contributed by atoms with Crippen molar-refractivity contribution in [3.63, 3.8) is 0 Å². The molecule has 2 N–H and O–H groups in total. The van der Waals surface area contributed by atoms with Crippen LogP contribution in [0.25, 0.3) is 0 Å². The first-order valence-corrected chi connectivity index (χ1v) is 6.06. The molecular formula is C14H24N2O. The van der Waals surface area contributed by atoms with Gasteiger partial charge in [0.15, 0.2) is 0 Å². The number of nitrogens with zero attached hydrogens (tertiary/aromatic N) is 1. The third-order valence-electron chi connectivity index (χ3n) is 3.15. The first-order valence-electron chi connectivity index (χ1n) is 6.06. The van der Waals surface area contributed by atoms with Crippen LogP contribution in [0.1, 0.15) is 31.0 Å². The van der Waals surface area contributed by atoms with Gasteiger partial charge < -0.3 is 15.4 Å². The third-order valence-corrected chi connectivity index (χ3v) is 3.15. The minimum Gasteiger partial charge on any atom is -0.496 e. The van der Waals surface area contributed by atoms with E-state index < -0.39 is 0 Å². The molecule has 1 aromatic carbocycles. The normalized spacial score (nSPS) is 13.2. The second kappa shape index (κ2) is 6.03. The molecule has 3 heteroatoms. The van der Waals surface area contributed by atoms with Gasteiger partial charge in [-0.15, -0.1) is 0 Å². The summed E-state index contributed by atoms with van der Waals surface area (Å²) in [5.41, 5.74) is 8.55. The molecule has 0 aliphatic carbocycles. The molecule has 0 saturated carbocycles. The zero-order valence-corrected chi connectivity index (χ0v) is 11.5. The average Bonchev–Trinajstić information content (AvgIpc) is 2.28. The fourth-order valence-electron chi connectivity index (χ4n) is 1.76. The number of ether oxygens (including phenoxy) is 1. The number of rotatable bonds is 5. The molecule has 0 bridgehead atoms. The Labute approximate surface area is 105 Å². The highest BCUT2D eigenvalue weighted by molar-refractivity contribution is 5.39. The van der Waals surface area contributed by atoms with Crippen LogP contribution in [0, 0.1) is 6.92 Å². The van der Waals surface area contributed by atoms with Crippen LogP contribution in [0.5, 0.6) is 5.75 Å². The molecule has 0 aliphatic heterocycles. The summed E-state index contributed by atoms with van der Waals surface area (Å²) in [4.78, 5) is 2.24. The fourth-order valence-corrected chi connectivity index (χ4v) is 1.76. The largest absolute Gasteiger partial charge is 0.496 e. The molecular weight excluding hydrogens is 212 g/mol. The molecule has 1 aromatic rings. The van der Waals surface area contributed by atoms with Crippen molar-refractivity contribution in [2.75, 3.05) is 20.7 Å². The van der Waals surface area contributed by atoms with Gasteiger partial charge in [-0.05, 0) is 33.9 Å². The van der Waals surface area contributed by atoms with Crippen LogP contribution in [0.4, 0.5) is 0 Å². The molecule has 0 heterocycles. The van der Waals surface area contributed by atoms with E-state index in [1.54, 1.807) is 7.11 Å². The second-order valence-electron chi connectivity index (χ2n) is 4.89. The molecule has 1 atom stereocenters. The summed E-state index contributed by atoms with van der Waals surface area (Å²) >= 11 is 0. The number of nitrogens with two attached hydrogens (primary N) is 1. The summed E-state index contributed by atoms with van der Waals surface area (Å²) < 4.78 is 5.36. The van der Waals surface area contributed by atoms with Gasteiger partial charge in [0.1, 0.15) is 5.75 Å². The Kier molecular flexibility index (Phi) is 4.97. The van der Waals surface area contributed by atoms with E-state index in [0.717, 1.165) is 17.9 Å². The lowest BCUT2D eigenvalue weighted by Crippen LogP contribution is -2.34. The summed E-state index contributed by atoms with van der Waals surface area (Å²) in [6, 6.07) is 6.62. The quantitative estimate of drug-likeness (QED) is 0.853. The van der Waals surface area contributed by atoms with Crippen molar-refractivity contribution >= 4 is 0 Å². The minimum absolute atomic E-state index is 0.0164. The third kappa shape index (κ3) is 3.72. The number of aryl methyl sites for hydroxylation is 1. The maximum absolute atomic E-state index is 6.26. The van der Waals surface area contributed by atoms with Gasteiger partial charge in [-0.1, -0.05) is 17.7 Å². The molecule has 17 heavy (non-hydrogen) atoms. The molecule has 3 nitrogen and oxygen atoms in total. The summed E-state index contributed by atoms with van der Waals surface area (Å²) in [5.74, 6) is 0.875. The first kappa shape index (κ1) is 14.0. The van der Waals surface area contributed by atoms with E-state index in [2.05, 4.69) is 38.8 Å². The number of hydrogen-bond donors (Lipinski definition) is 1. The van der Waals surface area contributed by atoms with E-state index in [0.29, 0.717) is 6.04 Å². The van der Waals surface area contributed by atoms with Gasteiger partial charge >= 0.3 is 0 Å². The summed E-state index contributed by atoms with van der Waals surface area (Å²) in [7, 11) is 3.78. The molecule has 0 fully saturated rings. The van der Waals surface area contributed by atoms with Crippen LogP contribution < -0.4 is 10.5 Å². The van der Waals surface area contributed by atoms with Crippen molar-refractivity contribution in [2.24, 2.45) is 5.73 Å². The molecule has 1 unspecified atom stereocenters. The fraction of sp³-hybridized carbons (Fsp3) is 0.571. The number of likely N-dealkylation sites (N-methyl/N-ethyl adjacent to an activating group) is 1. The number of methoxy groups -OCH3 is 1. The van der Waals surface area contributed by atoms with E-state index >= 15 is 0 Å². The van der Waals surface area contributed by atoms with Crippen LogP contribution in [-0.2, 0) is 0 Å². The van der Waals surface area contributed by atoms with Crippen LogP contribution in [-0.4, -0.2) is 31.6 Å². The topological polar surface area (TPSA) is 38.5 Å². The van der Waals surface area contributed by atoms with Crippen molar-refractivity contribution in [2.45, 2.75) is 32.9 Å². The Balaban J connectivity index is 2.87. The standard InChI is InChI=1S/C14H24N2O/c1-10(2)16(4)9-13(15)12-8-11(3)6-7-14(12)17-5/h6-8,10,13H,9,15H2,1-5H3. The molecule has 0 saturated heterocycles. The van der Waals surface area contributed by atoms with E-state index in [-0.39, 0.29) is 6.04 Å². The van der Waals surface area contributed by atoms with Gasteiger partial charge in [0.2, 0.25) is 0 Å². The van der Waals surface area contributed by atoms with Crippen molar-refractivity contribution < 1.29 is 4.74 Å². The van der Waals surface area contributed by atoms with Gasteiger partial charge in [-0.3, -0.25) is 0 Å². The summed E-state index contributed by atoms with van der Waals surface area (Å²) in [6.07, 6.45) is 0. The Morgan fingerprint density at radius 3 is 2.53 bits per heavy atom.